The van der Waals surface area contributed by atoms with Gasteiger partial charge in [-0.15, -0.1) is 10.2 Å². The van der Waals surface area contributed by atoms with Crippen LogP contribution in [0.1, 0.15) is 58.0 Å². The van der Waals surface area contributed by atoms with Crippen LogP contribution in [0.5, 0.6) is 0 Å². The Balaban J connectivity index is 1.20. The summed E-state index contributed by atoms with van der Waals surface area (Å²) in [6.45, 7) is 3.43. The average Bonchev–Trinajstić information content (AvgIpc) is 3.72. The summed E-state index contributed by atoms with van der Waals surface area (Å²) in [6.07, 6.45) is 3.63. The van der Waals surface area contributed by atoms with Crippen molar-refractivity contribution < 1.29 is 28.5 Å². The molecule has 2 aromatic heterocycles. The van der Waals surface area contributed by atoms with Gasteiger partial charge in [-0.05, 0) is 63.8 Å². The van der Waals surface area contributed by atoms with E-state index in [0.717, 1.165) is 19.3 Å². The van der Waals surface area contributed by atoms with Crippen LogP contribution in [-0.4, -0.2) is 88.0 Å². The lowest BCUT2D eigenvalue weighted by atomic mass is 9.88. The van der Waals surface area contributed by atoms with Crippen molar-refractivity contribution in [1.29, 1.82) is 0 Å². The molecular weight excluding hydrogens is 584 g/mol. The molecule has 4 aromatic rings. The molecule has 0 radical (unpaired) electrons. The Morgan fingerprint density at radius 2 is 1.60 bits per heavy atom. The molecule has 1 amide bonds. The lowest BCUT2D eigenvalue weighted by Gasteiger charge is -2.44. The Morgan fingerprint density at radius 3 is 2.20 bits per heavy atom. The van der Waals surface area contributed by atoms with Gasteiger partial charge in [-0.2, -0.15) is 0 Å². The van der Waals surface area contributed by atoms with Crippen LogP contribution in [0.25, 0.3) is 22.5 Å². The van der Waals surface area contributed by atoms with Crippen LogP contribution >= 0.6 is 0 Å². The molecule has 45 heavy (non-hydrogen) atoms. The summed E-state index contributed by atoms with van der Waals surface area (Å²) in [4.78, 5) is 16.0. The molecule has 11 nitrogen and oxygen atoms in total. The minimum absolute atomic E-state index is 0.00367. The summed E-state index contributed by atoms with van der Waals surface area (Å²) in [7, 11) is 0. The predicted molar refractivity (Wildman–Crippen MR) is 160 cm³/mol. The number of carbonyl (C=O) groups is 1. The number of amides is 1. The van der Waals surface area contributed by atoms with E-state index in [1.807, 2.05) is 29.6 Å². The van der Waals surface area contributed by atoms with Crippen molar-refractivity contribution in [2.75, 3.05) is 6.61 Å². The highest BCUT2D eigenvalue weighted by atomic mass is 19.1. The number of carbonyl (C=O) groups excluding carboxylic acids is 1. The second-order valence-corrected chi connectivity index (χ2v) is 12.1. The highest BCUT2D eigenvalue weighted by Gasteiger charge is 2.45. The summed E-state index contributed by atoms with van der Waals surface area (Å²) < 4.78 is 36.9. The molecule has 1 saturated carbocycles. The summed E-state index contributed by atoms with van der Waals surface area (Å²) in [6, 6.07) is 11.2. The molecule has 0 spiro atoms. The molecule has 13 heteroatoms. The molecule has 1 saturated heterocycles. The van der Waals surface area contributed by atoms with Crippen LogP contribution in [0.2, 0.25) is 0 Å². The van der Waals surface area contributed by atoms with Gasteiger partial charge in [0.2, 0.25) is 0 Å². The van der Waals surface area contributed by atoms with Gasteiger partial charge < -0.3 is 19.8 Å². The quantitative estimate of drug-likeness (QED) is 0.303. The summed E-state index contributed by atoms with van der Waals surface area (Å²) in [5.74, 6) is -0.978. The third-order valence-corrected chi connectivity index (χ3v) is 8.82. The SMILES string of the molecule is CC(C)N(C(=O)C1CC(n2cc(-c3cccc(F)c3)nn2)C(O)C(CO)O1)C1CCCC(n2cc(-c3cccc(F)c3)nn2)C1. The maximum Gasteiger partial charge on any atom is 0.252 e. The zero-order valence-electron chi connectivity index (χ0n) is 25.2. The Morgan fingerprint density at radius 1 is 0.978 bits per heavy atom. The van der Waals surface area contributed by atoms with E-state index in [4.69, 9.17) is 4.74 Å². The van der Waals surface area contributed by atoms with Gasteiger partial charge >= 0.3 is 0 Å². The summed E-state index contributed by atoms with van der Waals surface area (Å²) in [5, 5.41) is 38.1. The number of hydrogen-bond donors (Lipinski definition) is 2. The molecule has 1 aliphatic heterocycles. The van der Waals surface area contributed by atoms with Crippen molar-refractivity contribution in [2.45, 2.75) is 88.4 Å². The predicted octanol–water partition coefficient (Wildman–Crippen LogP) is 3.95. The van der Waals surface area contributed by atoms with E-state index >= 15 is 0 Å². The zero-order chi connectivity index (χ0) is 31.7. The molecule has 3 heterocycles. The Hall–Kier alpha value is -4.07. The van der Waals surface area contributed by atoms with Gasteiger partial charge in [-0.1, -0.05) is 34.7 Å². The lowest BCUT2D eigenvalue weighted by Crippen LogP contribution is -2.56. The van der Waals surface area contributed by atoms with Crippen molar-refractivity contribution in [3.63, 3.8) is 0 Å². The molecule has 2 aromatic carbocycles. The molecule has 2 aliphatic rings. The minimum Gasteiger partial charge on any atom is -0.394 e. The van der Waals surface area contributed by atoms with Crippen molar-refractivity contribution in [3.05, 3.63) is 72.6 Å². The maximum absolute atomic E-state index is 14.2. The number of aromatic nitrogens is 6. The number of benzene rings is 2. The fourth-order valence-electron chi connectivity index (χ4n) is 6.64. The van der Waals surface area contributed by atoms with E-state index in [-0.39, 0.29) is 36.3 Å². The van der Waals surface area contributed by atoms with Crippen molar-refractivity contribution in [1.82, 2.24) is 34.9 Å². The first kappa shape index (κ1) is 30.9. The van der Waals surface area contributed by atoms with E-state index in [2.05, 4.69) is 20.6 Å². The van der Waals surface area contributed by atoms with Gasteiger partial charge in [0.15, 0.2) is 0 Å². The largest absolute Gasteiger partial charge is 0.394 e. The van der Waals surface area contributed by atoms with E-state index in [9.17, 15) is 23.8 Å². The van der Waals surface area contributed by atoms with E-state index in [1.54, 1.807) is 30.5 Å². The fraction of sp³-hybridized carbons (Fsp3) is 0.469. The number of aliphatic hydroxyl groups is 2. The van der Waals surface area contributed by atoms with Crippen molar-refractivity contribution in [2.24, 2.45) is 0 Å². The fourth-order valence-corrected chi connectivity index (χ4v) is 6.64. The zero-order valence-corrected chi connectivity index (χ0v) is 25.2. The van der Waals surface area contributed by atoms with Gasteiger partial charge in [-0.3, -0.25) is 4.79 Å². The Labute approximate surface area is 259 Å². The minimum atomic E-state index is -1.15. The number of hydrogen-bond acceptors (Lipinski definition) is 8. The van der Waals surface area contributed by atoms with Gasteiger partial charge in [-0.25, -0.2) is 18.1 Å². The molecule has 1 aliphatic carbocycles. The highest BCUT2D eigenvalue weighted by molar-refractivity contribution is 5.82. The average molecular weight is 622 g/mol. The van der Waals surface area contributed by atoms with Gasteiger partial charge in [0.25, 0.3) is 5.91 Å². The number of halogens is 2. The van der Waals surface area contributed by atoms with Crippen LogP contribution in [0.3, 0.4) is 0 Å². The first-order chi connectivity index (χ1) is 21.7. The van der Waals surface area contributed by atoms with E-state index < -0.39 is 36.8 Å². The molecule has 0 bridgehead atoms. The summed E-state index contributed by atoms with van der Waals surface area (Å²) >= 11 is 0. The Kier molecular flexibility index (Phi) is 9.02. The third-order valence-electron chi connectivity index (χ3n) is 8.82. The first-order valence-electron chi connectivity index (χ1n) is 15.3. The molecule has 6 atom stereocenters. The highest BCUT2D eigenvalue weighted by Crippen LogP contribution is 2.36. The molecular formula is C32H37F2N7O4. The van der Waals surface area contributed by atoms with Gasteiger partial charge in [0, 0.05) is 29.6 Å². The molecule has 6 rings (SSSR count). The maximum atomic E-state index is 14.2. The molecule has 2 N–H and O–H groups in total. The van der Waals surface area contributed by atoms with Crippen LogP contribution in [0, 0.1) is 11.6 Å². The lowest BCUT2D eigenvalue weighted by molar-refractivity contribution is -0.182. The molecule has 6 unspecified atom stereocenters. The first-order valence-corrected chi connectivity index (χ1v) is 15.3. The monoisotopic (exact) mass is 621 g/mol. The standard InChI is InChI=1S/C32H37F2N7O4/c1-19(2)41(25-11-5-10-24(14-25)39-16-26(35-37-39)20-6-3-8-22(33)12-20)32(44)29-15-28(31(43)30(18-42)45-29)40-17-27(36-38-40)21-7-4-9-23(34)13-21/h3-4,6-9,12-13,16-17,19,24-25,28-31,42-43H,5,10-11,14-15,18H2,1-2H3. The van der Waals surface area contributed by atoms with Gasteiger partial charge in [0.05, 0.1) is 31.1 Å². The summed E-state index contributed by atoms with van der Waals surface area (Å²) in [5.41, 5.74) is 2.18. The molecule has 2 fully saturated rings. The smallest absolute Gasteiger partial charge is 0.252 e. The van der Waals surface area contributed by atoms with Gasteiger partial charge in [0.1, 0.15) is 41.3 Å². The van der Waals surface area contributed by atoms with Crippen LogP contribution in [-0.2, 0) is 9.53 Å². The number of ether oxygens (including phenoxy) is 1. The number of nitrogens with zero attached hydrogens (tertiary/aromatic N) is 7. The molecule has 238 valence electrons. The van der Waals surface area contributed by atoms with Crippen LogP contribution in [0.15, 0.2) is 60.9 Å². The van der Waals surface area contributed by atoms with E-state index in [0.29, 0.717) is 28.9 Å². The van der Waals surface area contributed by atoms with Crippen LogP contribution < -0.4 is 0 Å². The second-order valence-electron chi connectivity index (χ2n) is 12.1. The third kappa shape index (κ3) is 6.51. The topological polar surface area (TPSA) is 131 Å². The second kappa shape index (κ2) is 13.1. The van der Waals surface area contributed by atoms with Crippen LogP contribution in [0.4, 0.5) is 8.78 Å². The normalized spacial score (nSPS) is 25.4. The van der Waals surface area contributed by atoms with Crippen molar-refractivity contribution >= 4 is 5.91 Å². The Bertz CT molecular complexity index is 1630. The van der Waals surface area contributed by atoms with E-state index in [1.165, 1.54) is 28.9 Å². The van der Waals surface area contributed by atoms with Crippen molar-refractivity contribution in [3.8, 4) is 22.5 Å². The number of rotatable bonds is 8. The number of aliphatic hydroxyl groups excluding tert-OH is 2.